The smallest absolute Gasteiger partial charge is 0.343 e. The molecule has 26 heavy (non-hydrogen) atoms. The Morgan fingerprint density at radius 2 is 1.73 bits per heavy atom. The number of pyridine rings is 2. The van der Waals surface area contributed by atoms with Gasteiger partial charge in [-0.3, -0.25) is 9.59 Å². The summed E-state index contributed by atoms with van der Waals surface area (Å²) in [5, 5.41) is 0.708. The first kappa shape index (κ1) is 17.5. The molecule has 3 rings (SSSR count). The van der Waals surface area contributed by atoms with E-state index in [-0.39, 0.29) is 28.9 Å². The highest BCUT2D eigenvalue weighted by Crippen LogP contribution is 2.40. The van der Waals surface area contributed by atoms with E-state index in [4.69, 9.17) is 14.2 Å². The van der Waals surface area contributed by atoms with Gasteiger partial charge >= 0.3 is 5.97 Å². The standard InChI is InChI=1S/C18H18N2O6/c1-5-26-18(23)9-7-19-13-12(15(9)22)17(25-4)14-11(16(13)24-3)8(2)6-10(21)20-14/h6-7H,5H2,1-4H3,(H,19,22)(H,20,21). The van der Waals surface area contributed by atoms with E-state index < -0.39 is 11.4 Å². The molecule has 0 bridgehead atoms. The van der Waals surface area contributed by atoms with Crippen molar-refractivity contribution in [2.24, 2.45) is 0 Å². The Kier molecular flexibility index (Phi) is 4.41. The highest BCUT2D eigenvalue weighted by atomic mass is 16.5. The van der Waals surface area contributed by atoms with Crippen LogP contribution in [0.4, 0.5) is 0 Å². The average Bonchev–Trinajstić information content (AvgIpc) is 2.60. The fourth-order valence-electron chi connectivity index (χ4n) is 3.10. The van der Waals surface area contributed by atoms with Crippen LogP contribution >= 0.6 is 0 Å². The predicted molar refractivity (Wildman–Crippen MR) is 96.5 cm³/mol. The molecule has 0 spiro atoms. The van der Waals surface area contributed by atoms with E-state index in [0.29, 0.717) is 27.7 Å². The van der Waals surface area contributed by atoms with Gasteiger partial charge < -0.3 is 24.2 Å². The van der Waals surface area contributed by atoms with Gasteiger partial charge in [-0.1, -0.05) is 0 Å². The summed E-state index contributed by atoms with van der Waals surface area (Å²) in [7, 11) is 2.85. The molecule has 0 aliphatic heterocycles. The van der Waals surface area contributed by atoms with E-state index in [2.05, 4.69) is 9.97 Å². The Hall–Kier alpha value is -3.29. The molecule has 0 unspecified atom stereocenters. The summed E-state index contributed by atoms with van der Waals surface area (Å²) in [6.07, 6.45) is 1.29. The molecule has 2 heterocycles. The average molecular weight is 358 g/mol. The third-order valence-corrected chi connectivity index (χ3v) is 4.13. The zero-order valence-corrected chi connectivity index (χ0v) is 14.8. The first-order valence-corrected chi connectivity index (χ1v) is 7.94. The van der Waals surface area contributed by atoms with Crippen molar-refractivity contribution in [2.45, 2.75) is 13.8 Å². The van der Waals surface area contributed by atoms with Crippen molar-refractivity contribution in [3.8, 4) is 11.5 Å². The maximum atomic E-state index is 13.0. The number of fused-ring (bicyclic) bond motifs is 2. The molecule has 2 aromatic heterocycles. The SMILES string of the molecule is CCOC(=O)c1c[nH]c2c(OC)c3c(C)cc(=O)[nH]c3c(OC)c2c1=O. The summed E-state index contributed by atoms with van der Waals surface area (Å²) in [6.45, 7) is 3.55. The molecule has 0 saturated carbocycles. The Balaban J connectivity index is 2.58. The van der Waals surface area contributed by atoms with Gasteiger partial charge in [-0.15, -0.1) is 0 Å². The first-order valence-electron chi connectivity index (χ1n) is 7.94. The first-order chi connectivity index (χ1) is 12.4. The summed E-state index contributed by atoms with van der Waals surface area (Å²) in [5.74, 6) is -0.212. The summed E-state index contributed by atoms with van der Waals surface area (Å²) < 4.78 is 15.9. The van der Waals surface area contributed by atoms with E-state index >= 15 is 0 Å². The number of H-pyrrole nitrogens is 2. The number of ether oxygens (including phenoxy) is 3. The van der Waals surface area contributed by atoms with Crippen LogP contribution in [-0.4, -0.2) is 36.8 Å². The van der Waals surface area contributed by atoms with Gasteiger partial charge in [0, 0.05) is 17.6 Å². The molecule has 136 valence electrons. The lowest BCUT2D eigenvalue weighted by molar-refractivity contribution is 0.0524. The zero-order chi connectivity index (χ0) is 19.0. The van der Waals surface area contributed by atoms with Crippen molar-refractivity contribution in [3.05, 3.63) is 44.0 Å². The predicted octanol–water partition coefficient (Wildman–Crippen LogP) is 1.87. The summed E-state index contributed by atoms with van der Waals surface area (Å²) in [5.41, 5.74) is 0.285. The van der Waals surface area contributed by atoms with Crippen LogP contribution < -0.4 is 20.5 Å². The van der Waals surface area contributed by atoms with Crippen molar-refractivity contribution < 1.29 is 19.0 Å². The number of aromatic amines is 2. The summed E-state index contributed by atoms with van der Waals surface area (Å²) in [4.78, 5) is 42.6. The molecule has 8 heteroatoms. The van der Waals surface area contributed by atoms with Crippen LogP contribution in [0.15, 0.2) is 21.9 Å². The molecule has 0 aliphatic carbocycles. The molecule has 0 fully saturated rings. The molecule has 0 saturated heterocycles. The van der Waals surface area contributed by atoms with Crippen molar-refractivity contribution in [3.63, 3.8) is 0 Å². The fraction of sp³-hybridized carbons (Fsp3) is 0.278. The van der Waals surface area contributed by atoms with Gasteiger partial charge in [0.1, 0.15) is 5.56 Å². The molecule has 0 radical (unpaired) electrons. The number of benzene rings is 1. The number of carbonyl (C=O) groups excluding carboxylic acids is 1. The number of esters is 1. The van der Waals surface area contributed by atoms with Gasteiger partial charge in [-0.25, -0.2) is 4.79 Å². The second kappa shape index (κ2) is 6.55. The number of hydrogen-bond donors (Lipinski definition) is 2. The maximum absolute atomic E-state index is 13.0. The number of aryl methyl sites for hydroxylation is 1. The molecule has 8 nitrogen and oxygen atoms in total. The van der Waals surface area contributed by atoms with Gasteiger partial charge in [0.2, 0.25) is 11.0 Å². The third kappa shape index (κ3) is 2.50. The molecular weight excluding hydrogens is 340 g/mol. The van der Waals surface area contributed by atoms with Crippen molar-refractivity contribution >= 4 is 27.8 Å². The fourth-order valence-corrected chi connectivity index (χ4v) is 3.10. The zero-order valence-electron chi connectivity index (χ0n) is 14.8. The molecule has 2 N–H and O–H groups in total. The van der Waals surface area contributed by atoms with E-state index in [1.54, 1.807) is 13.8 Å². The third-order valence-electron chi connectivity index (χ3n) is 4.13. The minimum Gasteiger partial charge on any atom is -0.494 e. The lowest BCUT2D eigenvalue weighted by Gasteiger charge is -2.16. The Morgan fingerprint density at radius 1 is 1.08 bits per heavy atom. The molecule has 0 atom stereocenters. The normalized spacial score (nSPS) is 10.9. The largest absolute Gasteiger partial charge is 0.494 e. The number of nitrogens with one attached hydrogen (secondary N) is 2. The molecule has 3 aromatic rings. The van der Waals surface area contributed by atoms with Crippen molar-refractivity contribution in [2.75, 3.05) is 20.8 Å². The minimum absolute atomic E-state index is 0.101. The summed E-state index contributed by atoms with van der Waals surface area (Å²) >= 11 is 0. The highest BCUT2D eigenvalue weighted by Gasteiger charge is 2.24. The topological polar surface area (TPSA) is 110 Å². The Morgan fingerprint density at radius 3 is 2.35 bits per heavy atom. The lowest BCUT2D eigenvalue weighted by Crippen LogP contribution is -2.19. The number of carbonyl (C=O) groups is 1. The minimum atomic E-state index is -0.741. The lowest BCUT2D eigenvalue weighted by atomic mass is 10.0. The Labute approximate surface area is 147 Å². The maximum Gasteiger partial charge on any atom is 0.343 e. The number of rotatable bonds is 4. The van der Waals surface area contributed by atoms with Gasteiger partial charge in [-0.05, 0) is 19.4 Å². The van der Waals surface area contributed by atoms with E-state index in [1.165, 1.54) is 26.5 Å². The second-order valence-electron chi connectivity index (χ2n) is 5.64. The molecular formula is C18H18N2O6. The monoisotopic (exact) mass is 358 g/mol. The van der Waals surface area contributed by atoms with Crippen LogP contribution in [0.2, 0.25) is 0 Å². The van der Waals surface area contributed by atoms with Crippen molar-refractivity contribution in [1.82, 2.24) is 9.97 Å². The van der Waals surface area contributed by atoms with E-state index in [0.717, 1.165) is 0 Å². The Bertz CT molecular complexity index is 1140. The van der Waals surface area contributed by atoms with Gasteiger partial charge in [0.05, 0.1) is 37.2 Å². The van der Waals surface area contributed by atoms with E-state index in [1.807, 2.05) is 0 Å². The quantitative estimate of drug-likeness (QED) is 0.544. The summed E-state index contributed by atoms with van der Waals surface area (Å²) in [6, 6.07) is 1.43. The van der Waals surface area contributed by atoms with Crippen molar-refractivity contribution in [1.29, 1.82) is 0 Å². The van der Waals surface area contributed by atoms with Crippen LogP contribution in [0.3, 0.4) is 0 Å². The van der Waals surface area contributed by atoms with Gasteiger partial charge in [-0.2, -0.15) is 0 Å². The highest BCUT2D eigenvalue weighted by molar-refractivity contribution is 6.10. The number of methoxy groups -OCH3 is 2. The van der Waals surface area contributed by atoms with Crippen LogP contribution in [-0.2, 0) is 4.74 Å². The van der Waals surface area contributed by atoms with Gasteiger partial charge in [0.25, 0.3) is 0 Å². The number of aromatic nitrogens is 2. The molecule has 0 aliphatic rings. The van der Waals surface area contributed by atoms with Crippen LogP contribution in [0.1, 0.15) is 22.8 Å². The second-order valence-corrected chi connectivity index (χ2v) is 5.64. The van der Waals surface area contributed by atoms with Crippen LogP contribution in [0.25, 0.3) is 21.8 Å². The van der Waals surface area contributed by atoms with Gasteiger partial charge in [0.15, 0.2) is 11.5 Å². The van der Waals surface area contributed by atoms with Crippen LogP contribution in [0, 0.1) is 6.92 Å². The van der Waals surface area contributed by atoms with Crippen LogP contribution in [0.5, 0.6) is 11.5 Å². The molecule has 1 aromatic carbocycles. The van der Waals surface area contributed by atoms with E-state index in [9.17, 15) is 14.4 Å². The molecule has 0 amide bonds. The number of hydrogen-bond acceptors (Lipinski definition) is 6.